The maximum absolute atomic E-state index is 12.1. The standard InChI is InChI=1S/C20H20N2O3/c1-21-20(24)18(14-16-8-11-17(25-2)12-9-16)22-19(23)13-10-15-6-4-3-5-7-15/h3-14H,1-2H3,(H,21,24)(H,22,23)/b13-10+,18-14-. The van der Waals surface area contributed by atoms with Crippen LogP contribution in [0.3, 0.4) is 0 Å². The van der Waals surface area contributed by atoms with Crippen LogP contribution in [0, 0.1) is 0 Å². The van der Waals surface area contributed by atoms with Crippen molar-refractivity contribution >= 4 is 24.0 Å². The zero-order valence-corrected chi connectivity index (χ0v) is 14.2. The highest BCUT2D eigenvalue weighted by Gasteiger charge is 2.10. The van der Waals surface area contributed by atoms with Crippen LogP contribution in [0.2, 0.25) is 0 Å². The third-order valence-corrected chi connectivity index (χ3v) is 3.38. The minimum absolute atomic E-state index is 0.162. The van der Waals surface area contributed by atoms with E-state index in [1.165, 1.54) is 13.1 Å². The van der Waals surface area contributed by atoms with E-state index < -0.39 is 0 Å². The van der Waals surface area contributed by atoms with E-state index in [4.69, 9.17) is 4.74 Å². The Kier molecular flexibility index (Phi) is 6.54. The Morgan fingerprint density at radius 1 is 0.960 bits per heavy atom. The first-order valence-electron chi connectivity index (χ1n) is 7.74. The van der Waals surface area contributed by atoms with Gasteiger partial charge in [0, 0.05) is 13.1 Å². The summed E-state index contributed by atoms with van der Waals surface area (Å²) in [6.45, 7) is 0. The molecule has 0 bridgehead atoms. The Bertz CT molecular complexity index is 778. The van der Waals surface area contributed by atoms with Crippen molar-refractivity contribution in [1.82, 2.24) is 10.6 Å². The van der Waals surface area contributed by atoms with Gasteiger partial charge in [-0.3, -0.25) is 9.59 Å². The molecule has 128 valence electrons. The lowest BCUT2D eigenvalue weighted by atomic mass is 10.1. The number of benzene rings is 2. The molecule has 2 aromatic carbocycles. The van der Waals surface area contributed by atoms with Crippen LogP contribution in [0.15, 0.2) is 66.4 Å². The van der Waals surface area contributed by atoms with Gasteiger partial charge < -0.3 is 15.4 Å². The highest BCUT2D eigenvalue weighted by molar-refractivity contribution is 6.04. The number of amides is 2. The number of carbonyl (C=O) groups is 2. The molecule has 0 aliphatic carbocycles. The van der Waals surface area contributed by atoms with E-state index in [-0.39, 0.29) is 17.5 Å². The molecule has 25 heavy (non-hydrogen) atoms. The molecule has 2 amide bonds. The molecule has 0 aliphatic rings. The van der Waals surface area contributed by atoms with E-state index in [2.05, 4.69) is 10.6 Å². The molecule has 2 N–H and O–H groups in total. The van der Waals surface area contributed by atoms with Crippen molar-refractivity contribution in [1.29, 1.82) is 0 Å². The van der Waals surface area contributed by atoms with Crippen molar-refractivity contribution < 1.29 is 14.3 Å². The Balaban J connectivity index is 2.14. The number of methoxy groups -OCH3 is 1. The molecule has 5 nitrogen and oxygen atoms in total. The summed E-state index contributed by atoms with van der Waals surface area (Å²) in [5.41, 5.74) is 1.83. The summed E-state index contributed by atoms with van der Waals surface area (Å²) in [5.74, 6) is -0.0435. The largest absolute Gasteiger partial charge is 0.497 e. The predicted molar refractivity (Wildman–Crippen MR) is 98.7 cm³/mol. The van der Waals surface area contributed by atoms with Gasteiger partial charge in [0.2, 0.25) is 5.91 Å². The molecule has 0 saturated carbocycles. The van der Waals surface area contributed by atoms with Gasteiger partial charge in [-0.05, 0) is 35.4 Å². The molecule has 0 radical (unpaired) electrons. The van der Waals surface area contributed by atoms with E-state index in [1.54, 1.807) is 43.5 Å². The third-order valence-electron chi connectivity index (χ3n) is 3.38. The zero-order chi connectivity index (χ0) is 18.1. The SMILES string of the molecule is CNC(=O)/C(=C/c1ccc(OC)cc1)NC(=O)/C=C/c1ccccc1. The average molecular weight is 336 g/mol. The van der Waals surface area contributed by atoms with Gasteiger partial charge in [-0.2, -0.15) is 0 Å². The Morgan fingerprint density at radius 3 is 2.24 bits per heavy atom. The summed E-state index contributed by atoms with van der Waals surface area (Å²) in [4.78, 5) is 24.1. The minimum atomic E-state index is -0.382. The lowest BCUT2D eigenvalue weighted by molar-refractivity contribution is -0.120. The number of hydrogen-bond acceptors (Lipinski definition) is 3. The summed E-state index contributed by atoms with van der Waals surface area (Å²) in [6.07, 6.45) is 4.68. The van der Waals surface area contributed by atoms with Crippen LogP contribution in [0.25, 0.3) is 12.2 Å². The summed E-state index contributed by atoms with van der Waals surface area (Å²) >= 11 is 0. The lowest BCUT2D eigenvalue weighted by Crippen LogP contribution is -2.32. The van der Waals surface area contributed by atoms with E-state index in [9.17, 15) is 9.59 Å². The van der Waals surface area contributed by atoms with Crippen LogP contribution in [0.4, 0.5) is 0 Å². The van der Waals surface area contributed by atoms with E-state index >= 15 is 0 Å². The first-order chi connectivity index (χ1) is 12.1. The van der Waals surface area contributed by atoms with Crippen LogP contribution in [-0.4, -0.2) is 26.0 Å². The zero-order valence-electron chi connectivity index (χ0n) is 14.2. The van der Waals surface area contributed by atoms with Crippen molar-refractivity contribution in [3.05, 3.63) is 77.5 Å². The molecule has 0 spiro atoms. The maximum atomic E-state index is 12.1. The summed E-state index contributed by atoms with van der Waals surface area (Å²) in [5, 5.41) is 5.12. The van der Waals surface area contributed by atoms with Crippen molar-refractivity contribution in [3.63, 3.8) is 0 Å². The molecule has 2 aromatic rings. The normalized spacial score (nSPS) is 11.2. The number of rotatable bonds is 6. The van der Waals surface area contributed by atoms with Gasteiger partial charge in [0.05, 0.1) is 7.11 Å². The fourth-order valence-corrected chi connectivity index (χ4v) is 2.07. The van der Waals surface area contributed by atoms with Gasteiger partial charge in [0.15, 0.2) is 0 Å². The van der Waals surface area contributed by atoms with Crippen LogP contribution in [0.5, 0.6) is 5.75 Å². The molecule has 2 rings (SSSR count). The number of likely N-dealkylation sites (N-methyl/N-ethyl adjacent to an activating group) is 1. The molecule has 0 unspecified atom stereocenters. The average Bonchev–Trinajstić information content (AvgIpc) is 2.66. The van der Waals surface area contributed by atoms with Gasteiger partial charge in [0.25, 0.3) is 5.91 Å². The second-order valence-electron chi connectivity index (χ2n) is 5.14. The fourth-order valence-electron chi connectivity index (χ4n) is 2.07. The Morgan fingerprint density at radius 2 is 1.64 bits per heavy atom. The molecular weight excluding hydrogens is 316 g/mol. The summed E-state index contributed by atoms with van der Waals surface area (Å²) in [6, 6.07) is 16.6. The highest BCUT2D eigenvalue weighted by atomic mass is 16.5. The lowest BCUT2D eigenvalue weighted by Gasteiger charge is -2.07. The molecule has 0 fully saturated rings. The molecule has 5 heteroatoms. The highest BCUT2D eigenvalue weighted by Crippen LogP contribution is 2.13. The molecular formula is C20H20N2O3. The number of ether oxygens (including phenoxy) is 1. The quantitative estimate of drug-likeness (QED) is 0.797. The second-order valence-corrected chi connectivity index (χ2v) is 5.14. The smallest absolute Gasteiger partial charge is 0.267 e. The first-order valence-corrected chi connectivity index (χ1v) is 7.74. The van der Waals surface area contributed by atoms with E-state index in [0.717, 1.165) is 11.1 Å². The van der Waals surface area contributed by atoms with Crippen LogP contribution in [0.1, 0.15) is 11.1 Å². The Labute approximate surface area is 147 Å². The topological polar surface area (TPSA) is 67.4 Å². The van der Waals surface area contributed by atoms with Gasteiger partial charge in [-0.25, -0.2) is 0 Å². The first kappa shape index (κ1) is 18.0. The van der Waals surface area contributed by atoms with Crippen molar-refractivity contribution in [2.75, 3.05) is 14.2 Å². The van der Waals surface area contributed by atoms with Crippen molar-refractivity contribution in [2.45, 2.75) is 0 Å². The number of nitrogens with one attached hydrogen (secondary N) is 2. The van der Waals surface area contributed by atoms with Gasteiger partial charge >= 0.3 is 0 Å². The van der Waals surface area contributed by atoms with Gasteiger partial charge in [0.1, 0.15) is 11.4 Å². The van der Waals surface area contributed by atoms with Gasteiger partial charge in [-0.15, -0.1) is 0 Å². The van der Waals surface area contributed by atoms with Gasteiger partial charge in [-0.1, -0.05) is 42.5 Å². The predicted octanol–water partition coefficient (Wildman–Crippen LogP) is 2.61. The molecule has 0 heterocycles. The minimum Gasteiger partial charge on any atom is -0.497 e. The monoisotopic (exact) mass is 336 g/mol. The molecule has 0 atom stereocenters. The fraction of sp³-hybridized carbons (Fsp3) is 0.100. The van der Waals surface area contributed by atoms with Crippen molar-refractivity contribution in [3.8, 4) is 5.75 Å². The Hall–Kier alpha value is -3.34. The van der Waals surface area contributed by atoms with E-state index in [0.29, 0.717) is 5.75 Å². The molecule has 0 aliphatic heterocycles. The van der Waals surface area contributed by atoms with Crippen molar-refractivity contribution in [2.24, 2.45) is 0 Å². The van der Waals surface area contributed by atoms with Crippen LogP contribution in [-0.2, 0) is 9.59 Å². The summed E-state index contributed by atoms with van der Waals surface area (Å²) < 4.78 is 5.10. The number of hydrogen-bond donors (Lipinski definition) is 2. The third kappa shape index (κ3) is 5.66. The second kappa shape index (κ2) is 9.08. The summed E-state index contributed by atoms with van der Waals surface area (Å²) in [7, 11) is 3.09. The maximum Gasteiger partial charge on any atom is 0.267 e. The van der Waals surface area contributed by atoms with Crippen LogP contribution < -0.4 is 15.4 Å². The van der Waals surface area contributed by atoms with Crippen LogP contribution >= 0.6 is 0 Å². The number of carbonyl (C=O) groups excluding carboxylic acids is 2. The molecule has 0 saturated heterocycles. The van der Waals surface area contributed by atoms with E-state index in [1.807, 2.05) is 30.3 Å². The molecule has 0 aromatic heterocycles.